The van der Waals surface area contributed by atoms with Gasteiger partial charge in [0, 0.05) is 18.8 Å². The lowest BCUT2D eigenvalue weighted by atomic mass is 10.2. The molecule has 0 radical (unpaired) electrons. The molecule has 0 aliphatic carbocycles. The molecule has 0 heterocycles. The molecule has 0 bridgehead atoms. The van der Waals surface area contributed by atoms with Gasteiger partial charge in [0.05, 0.1) is 12.2 Å². The van der Waals surface area contributed by atoms with Crippen molar-refractivity contribution in [3.05, 3.63) is 59.4 Å². The molecule has 0 fully saturated rings. The Morgan fingerprint density at radius 3 is 2.32 bits per heavy atom. The van der Waals surface area contributed by atoms with Crippen molar-refractivity contribution in [1.29, 1.82) is 0 Å². The molecule has 0 saturated heterocycles. The van der Waals surface area contributed by atoms with Crippen LogP contribution in [0.25, 0.3) is 0 Å². The first-order valence-corrected chi connectivity index (χ1v) is 8.20. The summed E-state index contributed by atoms with van der Waals surface area (Å²) in [5.41, 5.74) is 9.36. The molecule has 0 aliphatic heterocycles. The predicted octanol–water partition coefficient (Wildman–Crippen LogP) is 4.53. The van der Waals surface area contributed by atoms with Crippen LogP contribution in [0.4, 0.5) is 15.8 Å². The highest BCUT2D eigenvalue weighted by Crippen LogP contribution is 2.20. The molecule has 0 spiro atoms. The summed E-state index contributed by atoms with van der Waals surface area (Å²) < 4.78 is 14.2. The number of aliphatic imine (C=N–C) groups is 1. The second kappa shape index (κ2) is 10.2. The maximum Gasteiger partial charge on any atom is 0.193 e. The molecule has 0 atom stereocenters. The minimum absolute atomic E-state index is 0. The molecular formula is C19H26FIN4. The van der Waals surface area contributed by atoms with Crippen LogP contribution < -0.4 is 16.0 Å². The molecular weight excluding hydrogens is 430 g/mol. The van der Waals surface area contributed by atoms with Crippen LogP contribution in [-0.4, -0.2) is 19.0 Å². The van der Waals surface area contributed by atoms with Gasteiger partial charge in [-0.15, -0.1) is 24.0 Å². The van der Waals surface area contributed by atoms with E-state index < -0.39 is 0 Å². The zero-order valence-corrected chi connectivity index (χ0v) is 17.3. The molecule has 0 unspecified atom stereocenters. The van der Waals surface area contributed by atoms with Crippen LogP contribution in [-0.2, 0) is 6.54 Å². The Hall–Kier alpha value is -1.83. The number of nitrogens with two attached hydrogens (primary N) is 1. The van der Waals surface area contributed by atoms with Crippen molar-refractivity contribution < 1.29 is 4.39 Å². The molecule has 25 heavy (non-hydrogen) atoms. The Balaban J connectivity index is 0.00000312. The molecule has 0 amide bonds. The van der Waals surface area contributed by atoms with E-state index in [1.54, 1.807) is 6.07 Å². The van der Waals surface area contributed by atoms with Crippen LogP contribution in [0.15, 0.2) is 47.5 Å². The molecule has 6 heteroatoms. The van der Waals surface area contributed by atoms with E-state index in [2.05, 4.69) is 10.3 Å². The number of guanidine groups is 1. The average Bonchev–Trinajstić information content (AvgIpc) is 2.58. The highest BCUT2D eigenvalue weighted by molar-refractivity contribution is 14.0. The van der Waals surface area contributed by atoms with Crippen LogP contribution in [0.2, 0.25) is 0 Å². The Morgan fingerprint density at radius 2 is 1.76 bits per heavy atom. The molecule has 2 aromatic carbocycles. The van der Waals surface area contributed by atoms with Gasteiger partial charge in [-0.3, -0.25) is 0 Å². The van der Waals surface area contributed by atoms with Crippen molar-refractivity contribution in [3.63, 3.8) is 0 Å². The van der Waals surface area contributed by atoms with E-state index in [9.17, 15) is 4.39 Å². The van der Waals surface area contributed by atoms with Crippen LogP contribution >= 0.6 is 24.0 Å². The maximum absolute atomic E-state index is 14.2. The summed E-state index contributed by atoms with van der Waals surface area (Å²) >= 11 is 0. The second-order valence-corrected chi connectivity index (χ2v) is 5.65. The van der Waals surface area contributed by atoms with Crippen molar-refractivity contribution in [2.75, 3.05) is 23.3 Å². The maximum atomic E-state index is 14.2. The Bertz CT molecular complexity index is 697. The average molecular weight is 456 g/mol. The highest BCUT2D eigenvalue weighted by Gasteiger charge is 2.08. The van der Waals surface area contributed by atoms with E-state index in [0.29, 0.717) is 18.2 Å². The summed E-state index contributed by atoms with van der Waals surface area (Å²) in [5.74, 6) is 0.0866. The van der Waals surface area contributed by atoms with E-state index in [1.165, 1.54) is 11.6 Å². The topological polar surface area (TPSA) is 53.6 Å². The van der Waals surface area contributed by atoms with Crippen LogP contribution in [0.3, 0.4) is 0 Å². The first-order chi connectivity index (χ1) is 11.5. The van der Waals surface area contributed by atoms with Gasteiger partial charge >= 0.3 is 0 Å². The number of hydrogen-bond acceptors (Lipinski definition) is 2. The van der Waals surface area contributed by atoms with Gasteiger partial charge in [0.25, 0.3) is 0 Å². The van der Waals surface area contributed by atoms with Crippen LogP contribution in [0.1, 0.15) is 25.0 Å². The third kappa shape index (κ3) is 6.19. The molecule has 0 aromatic heterocycles. The Labute approximate surface area is 166 Å². The van der Waals surface area contributed by atoms with Gasteiger partial charge in [-0.1, -0.05) is 23.8 Å². The fourth-order valence-electron chi connectivity index (χ4n) is 2.47. The molecule has 0 aliphatic rings. The van der Waals surface area contributed by atoms with Crippen molar-refractivity contribution in [2.45, 2.75) is 27.3 Å². The second-order valence-electron chi connectivity index (χ2n) is 5.65. The smallest absolute Gasteiger partial charge is 0.193 e. The first kappa shape index (κ1) is 21.2. The Kier molecular flexibility index (Phi) is 8.68. The fraction of sp³-hybridized carbons (Fsp3) is 0.316. The quantitative estimate of drug-likeness (QED) is 0.382. The van der Waals surface area contributed by atoms with Crippen molar-refractivity contribution in [2.24, 2.45) is 10.7 Å². The third-order valence-electron chi connectivity index (χ3n) is 3.87. The van der Waals surface area contributed by atoms with E-state index >= 15 is 0 Å². The lowest BCUT2D eigenvalue weighted by Gasteiger charge is -2.21. The summed E-state index contributed by atoms with van der Waals surface area (Å²) in [6.07, 6.45) is 0. The van der Waals surface area contributed by atoms with Crippen LogP contribution in [0.5, 0.6) is 0 Å². The number of benzene rings is 2. The van der Waals surface area contributed by atoms with Gasteiger partial charge in [0.2, 0.25) is 0 Å². The minimum atomic E-state index is -0.225. The zero-order valence-electron chi connectivity index (χ0n) is 14.9. The lowest BCUT2D eigenvalue weighted by molar-refractivity contribution is 0.618. The molecule has 4 nitrogen and oxygen atoms in total. The van der Waals surface area contributed by atoms with Gasteiger partial charge in [-0.2, -0.15) is 0 Å². The van der Waals surface area contributed by atoms with Gasteiger partial charge in [-0.05, 0) is 50.6 Å². The van der Waals surface area contributed by atoms with Crippen molar-refractivity contribution in [1.82, 2.24) is 0 Å². The number of rotatable bonds is 6. The molecule has 2 rings (SSSR count). The third-order valence-corrected chi connectivity index (χ3v) is 3.87. The highest BCUT2D eigenvalue weighted by atomic mass is 127. The predicted molar refractivity (Wildman–Crippen MR) is 116 cm³/mol. The molecule has 2 aromatic rings. The fourth-order valence-corrected chi connectivity index (χ4v) is 2.47. The molecule has 3 N–H and O–H groups in total. The number of nitrogens with one attached hydrogen (secondary N) is 1. The Morgan fingerprint density at radius 1 is 1.12 bits per heavy atom. The van der Waals surface area contributed by atoms with Crippen molar-refractivity contribution >= 4 is 41.3 Å². The standard InChI is InChI=1S/C19H25FN4.HI/c1-4-24(5-2)18-11-8-15(12-17(18)20)13-22-19(21)23-16-9-6-14(3)7-10-16;/h6-12H,4-5,13H2,1-3H3,(H3,21,22,23);1H. The number of anilines is 2. The summed E-state index contributed by atoms with van der Waals surface area (Å²) in [4.78, 5) is 6.25. The monoisotopic (exact) mass is 456 g/mol. The number of aryl methyl sites for hydroxylation is 1. The number of halogens is 2. The summed E-state index contributed by atoms with van der Waals surface area (Å²) in [7, 11) is 0. The van der Waals surface area contributed by atoms with Crippen LogP contribution in [0, 0.1) is 12.7 Å². The van der Waals surface area contributed by atoms with Crippen molar-refractivity contribution in [3.8, 4) is 0 Å². The van der Waals surface area contributed by atoms with Gasteiger partial charge < -0.3 is 16.0 Å². The van der Waals surface area contributed by atoms with Gasteiger partial charge in [-0.25, -0.2) is 9.38 Å². The summed E-state index contributed by atoms with van der Waals surface area (Å²) in [6, 6.07) is 13.1. The van der Waals surface area contributed by atoms with E-state index in [-0.39, 0.29) is 29.8 Å². The lowest BCUT2D eigenvalue weighted by Crippen LogP contribution is -2.23. The van der Waals surface area contributed by atoms with E-state index in [4.69, 9.17) is 5.73 Å². The van der Waals surface area contributed by atoms with Gasteiger partial charge in [0.15, 0.2) is 5.96 Å². The zero-order chi connectivity index (χ0) is 17.5. The largest absolute Gasteiger partial charge is 0.370 e. The van der Waals surface area contributed by atoms with E-state index in [1.807, 2.05) is 56.0 Å². The summed E-state index contributed by atoms with van der Waals surface area (Å²) in [5, 5.41) is 3.03. The molecule has 0 saturated carbocycles. The number of hydrogen-bond donors (Lipinski definition) is 2. The molecule has 136 valence electrons. The SMILES string of the molecule is CCN(CC)c1ccc(CN=C(N)Nc2ccc(C)cc2)cc1F.I. The normalized spacial score (nSPS) is 11.0. The number of nitrogens with zero attached hydrogens (tertiary/aromatic N) is 2. The minimum Gasteiger partial charge on any atom is -0.370 e. The first-order valence-electron chi connectivity index (χ1n) is 8.20. The van der Waals surface area contributed by atoms with E-state index in [0.717, 1.165) is 24.3 Å². The van der Waals surface area contributed by atoms with Gasteiger partial charge in [0.1, 0.15) is 5.82 Å². The summed E-state index contributed by atoms with van der Waals surface area (Å²) in [6.45, 7) is 7.94.